The van der Waals surface area contributed by atoms with Crippen LogP contribution in [0.15, 0.2) is 424 Å². The molecular weight excluding hydrogens is 1870 g/mol. The highest BCUT2D eigenvalue weighted by Crippen LogP contribution is 2.48. The van der Waals surface area contributed by atoms with Crippen LogP contribution in [0.25, 0.3) is 211 Å². The van der Waals surface area contributed by atoms with E-state index in [0.29, 0.717) is 132 Å². The van der Waals surface area contributed by atoms with Gasteiger partial charge in [0, 0.05) is 43.2 Å². The summed E-state index contributed by atoms with van der Waals surface area (Å²) in [5.74, 6) is -3.32. The first-order chi connectivity index (χ1) is 68.5. The summed E-state index contributed by atoms with van der Waals surface area (Å²) in [6.45, 7) is 0. The molecule has 26 aromatic rings. The molecule has 7 aromatic heterocycles. The zero-order valence-corrected chi connectivity index (χ0v) is 76.7. The third-order valence-electron chi connectivity index (χ3n) is 25.5. The molecule has 0 spiro atoms. The summed E-state index contributed by atoms with van der Waals surface area (Å²) in [5, 5.41) is 26.9. The van der Waals surface area contributed by atoms with Crippen LogP contribution >= 0.6 is 39.1 Å². The summed E-state index contributed by atoms with van der Waals surface area (Å²) in [5.41, 5.74) is 20.7. The van der Waals surface area contributed by atoms with Gasteiger partial charge in [-0.15, -0.1) is 0 Å². The van der Waals surface area contributed by atoms with Crippen molar-refractivity contribution in [3.8, 4) is 90.0 Å². The van der Waals surface area contributed by atoms with Crippen molar-refractivity contribution in [2.45, 2.75) is 6.42 Å². The second-order valence-electron chi connectivity index (χ2n) is 33.7. The molecule has 0 saturated heterocycles. The molecule has 0 bridgehead atoms. The molecule has 19 aromatic carbocycles. The number of halogens is 9. The van der Waals surface area contributed by atoms with Gasteiger partial charge < -0.3 is 27.9 Å². The molecule has 674 valence electrons. The monoisotopic (exact) mass is 1940 g/mol. The first kappa shape index (κ1) is 87.5. The summed E-state index contributed by atoms with van der Waals surface area (Å²) in [7, 11) is -1.57. The second-order valence-corrected chi connectivity index (χ2v) is 35.2. The van der Waals surface area contributed by atoms with E-state index >= 15 is 17.6 Å². The third kappa shape index (κ3) is 15.6. The Hall–Kier alpha value is -16.6. The molecule has 0 amide bonds. The molecule has 1 aliphatic rings. The van der Waals surface area contributed by atoms with Gasteiger partial charge in [-0.25, -0.2) is 41.3 Å². The van der Waals surface area contributed by atoms with Gasteiger partial charge in [-0.1, -0.05) is 296 Å². The average molecular weight is 1940 g/mol. The van der Waals surface area contributed by atoms with Crippen LogP contribution in [0.4, 0.5) is 26.3 Å². The fourth-order valence-corrected chi connectivity index (χ4v) is 20.3. The number of furan rings is 3. The molecule has 0 saturated carbocycles. The summed E-state index contributed by atoms with van der Waals surface area (Å²) in [4.78, 5) is 14.1. The Balaban J connectivity index is 0.000000105. The molecule has 2 N–H and O–H groups in total. The van der Waals surface area contributed by atoms with Crippen LogP contribution in [-0.4, -0.2) is 50.4 Å². The minimum atomic E-state index is -1.57. The first-order valence-corrected chi connectivity index (χ1v) is 46.5. The van der Waals surface area contributed by atoms with Crippen LogP contribution in [0.5, 0.6) is 0 Å². The van der Waals surface area contributed by atoms with Gasteiger partial charge in [-0.05, 0) is 211 Å². The molecule has 1 aliphatic carbocycles. The van der Waals surface area contributed by atoms with E-state index in [9.17, 15) is 18.8 Å². The van der Waals surface area contributed by atoms with Gasteiger partial charge in [0.1, 0.15) is 62.2 Å². The fraction of sp³-hybridized carbons (Fsp3) is 0.00847. The molecule has 0 fully saturated rings. The molecule has 7 heterocycles. The van der Waals surface area contributed by atoms with Crippen molar-refractivity contribution in [3.05, 3.63) is 467 Å². The second kappa shape index (κ2) is 36.5. The quantitative estimate of drug-likeness (QED) is 0.102. The maximum Gasteiger partial charge on any atom is 0.492 e. The number of para-hydroxylation sites is 11. The number of benzene rings is 19. The summed E-state index contributed by atoms with van der Waals surface area (Å²) in [6, 6.07) is 125. The van der Waals surface area contributed by atoms with Gasteiger partial charge >= 0.3 is 7.12 Å². The minimum Gasteiger partial charge on any atom is -0.456 e. The van der Waals surface area contributed by atoms with Crippen molar-refractivity contribution in [2.75, 3.05) is 0 Å². The zero-order chi connectivity index (χ0) is 95.1. The lowest BCUT2D eigenvalue weighted by molar-refractivity contribution is 0.425. The minimum absolute atomic E-state index is 0.143. The summed E-state index contributed by atoms with van der Waals surface area (Å²) < 4.78 is 119. The Labute approximate surface area is 813 Å². The van der Waals surface area contributed by atoms with Crippen molar-refractivity contribution in [1.29, 1.82) is 0 Å². The number of imidazole rings is 3. The van der Waals surface area contributed by atoms with Crippen molar-refractivity contribution < 1.29 is 49.6 Å². The van der Waals surface area contributed by atoms with Crippen LogP contribution in [0.2, 0.25) is 10.0 Å². The highest BCUT2D eigenvalue weighted by atomic mass is 79.9. The highest BCUT2D eigenvalue weighted by Gasteiger charge is 2.31. The van der Waals surface area contributed by atoms with Crippen molar-refractivity contribution in [3.63, 3.8) is 0 Å². The van der Waals surface area contributed by atoms with E-state index in [1.54, 1.807) is 53.1 Å². The Bertz CT molecular complexity index is 9220. The van der Waals surface area contributed by atoms with Gasteiger partial charge in [0.15, 0.2) is 39.6 Å². The Morgan fingerprint density at radius 2 is 0.593 bits per heavy atom. The van der Waals surface area contributed by atoms with Crippen molar-refractivity contribution >= 4 is 172 Å². The maximum absolute atomic E-state index is 16.3. The Kier molecular flexibility index (Phi) is 22.8. The molecule has 0 aliphatic heterocycles. The maximum atomic E-state index is 16.3. The van der Waals surface area contributed by atoms with E-state index in [2.05, 4.69) is 116 Å². The topological polar surface area (TPSA) is 138 Å². The van der Waals surface area contributed by atoms with Gasteiger partial charge in [-0.2, -0.15) is 0 Å². The molecule has 12 nitrogen and oxygen atoms in total. The average Bonchev–Trinajstić information content (AvgIpc) is 1.56. The smallest absolute Gasteiger partial charge is 0.456 e. The van der Waals surface area contributed by atoms with Crippen LogP contribution in [0.1, 0.15) is 11.1 Å². The first-order valence-electron chi connectivity index (χ1n) is 44.9. The summed E-state index contributed by atoms with van der Waals surface area (Å²) in [6.07, 6.45) is 1.10. The molecule has 0 unspecified atom stereocenters. The largest absolute Gasteiger partial charge is 0.492 e. The normalized spacial score (nSPS) is 11.7. The fourth-order valence-electron chi connectivity index (χ4n) is 19.2. The SMILES string of the molecule is Fc1cc(-c2ccccc2)cc(F)c1-n1c(-c2ccc(-n3c4ccccc4c4ccccc43)c3c2oc2ccccc23)nc2ccccc21.Fc1cc(-c2ccccc2)cc(F)c1-n1c(-c2ccc(Cl)c3c2oc2ccccc23)nc2ccccc21.Fc1cc(-c2ccccc2)cc(F)c1-n1c(Br)nc2ccccc21.OB(O)c1ccc(Cl)c2c1oc1ccccc12.c1ccc2c(c1)Cc1ccccc1-2. The van der Waals surface area contributed by atoms with Gasteiger partial charge in [0.2, 0.25) is 0 Å². The number of nitrogens with zero attached hydrogens (tertiary/aromatic N) is 7. The summed E-state index contributed by atoms with van der Waals surface area (Å²) >= 11 is 16.0. The number of hydrogen-bond donors (Lipinski definition) is 2. The van der Waals surface area contributed by atoms with Crippen LogP contribution in [0, 0.1) is 34.9 Å². The van der Waals surface area contributed by atoms with E-state index in [0.717, 1.165) is 77.5 Å². The zero-order valence-electron chi connectivity index (χ0n) is 73.6. The van der Waals surface area contributed by atoms with Crippen molar-refractivity contribution in [2.24, 2.45) is 0 Å². The predicted octanol–water partition coefficient (Wildman–Crippen LogP) is 31.7. The van der Waals surface area contributed by atoms with Crippen LogP contribution < -0.4 is 5.46 Å². The molecular formula is C118H71BBrCl2F6N7O5. The van der Waals surface area contributed by atoms with E-state index in [1.165, 1.54) is 67.8 Å². The molecule has 0 atom stereocenters. The number of aromatic nitrogens is 7. The Morgan fingerprint density at radius 3 is 1.02 bits per heavy atom. The molecule has 22 heteroatoms. The van der Waals surface area contributed by atoms with Crippen LogP contribution in [-0.2, 0) is 6.42 Å². The highest BCUT2D eigenvalue weighted by molar-refractivity contribution is 9.10. The lowest BCUT2D eigenvalue weighted by Crippen LogP contribution is -2.30. The van der Waals surface area contributed by atoms with Gasteiger partial charge in [-0.3, -0.25) is 13.7 Å². The lowest BCUT2D eigenvalue weighted by Gasteiger charge is -2.15. The molecule has 140 heavy (non-hydrogen) atoms. The standard InChI is InChI=1S/C43H25F2N3O.C31H17ClF2N2O.C19H11BrF2N2.C13H10.C12H8BClO3/c44-32-24-27(26-12-2-1-3-13-26)25-33(45)41(32)48-37-20-10-7-17-34(37)46-43(48)31-22-23-38(40-30-16-6-11-21-39(30)49-42(31)40)47-35-18-8-4-14-28(35)29-15-5-9-19-36(29)47;32-22-15-14-21(30-28(22)20-10-4-7-13-27(20)37-30)31-35-25-11-5-6-12-26(25)36(31)29-23(33)16-19(17-24(29)34)18-8-2-1-3-9-18;20-19-23-16-8-4-5-9-17(16)24(19)18-14(21)10-13(11-15(18)22)12-6-2-1-3-7-12;1-3-7-12-10(5-1)9-11-6-2-4-8-13(11)12;14-9-6-5-8(13(15)16)12-11(9)7-3-1-2-4-10(7)17-12/h1-25H;1-17H;1-11H;1-8H,9H2;1-6,15-16H. The van der Waals surface area contributed by atoms with E-state index in [1.807, 2.05) is 231 Å². The van der Waals surface area contributed by atoms with E-state index in [-0.39, 0.29) is 17.1 Å². The number of hydrogen-bond acceptors (Lipinski definition) is 8. The third-order valence-corrected chi connectivity index (χ3v) is 26.6. The molecule has 0 radical (unpaired) electrons. The van der Waals surface area contributed by atoms with Gasteiger partial charge in [0.05, 0.1) is 76.4 Å². The number of rotatable bonds is 10. The molecule has 27 rings (SSSR count). The lowest BCUT2D eigenvalue weighted by atomic mass is 9.79. The Morgan fingerprint density at radius 1 is 0.279 bits per heavy atom. The van der Waals surface area contributed by atoms with Gasteiger partial charge in [0.25, 0.3) is 0 Å². The van der Waals surface area contributed by atoms with Crippen molar-refractivity contribution in [1.82, 2.24) is 33.2 Å². The van der Waals surface area contributed by atoms with Crippen LogP contribution in [0.3, 0.4) is 0 Å². The number of fused-ring (bicyclic) bond motifs is 18. The predicted molar refractivity (Wildman–Crippen MR) is 555 cm³/mol. The van der Waals surface area contributed by atoms with E-state index in [4.69, 9.17) is 46.4 Å². The van der Waals surface area contributed by atoms with E-state index < -0.39 is 42.0 Å².